The molecule has 0 atom stereocenters. The molecule has 2 nitrogen and oxygen atoms in total. The van der Waals surface area contributed by atoms with Gasteiger partial charge in [0.25, 0.3) is 0 Å². The topological polar surface area (TPSA) is 27.8 Å². The Morgan fingerprint density at radius 3 is 3.10 bits per heavy atom. The number of anilines is 1. The van der Waals surface area contributed by atoms with E-state index in [0.29, 0.717) is 0 Å². The summed E-state index contributed by atoms with van der Waals surface area (Å²) in [7, 11) is 0. The van der Waals surface area contributed by atoms with Crippen molar-refractivity contribution in [2.45, 2.75) is 6.42 Å². The van der Waals surface area contributed by atoms with E-state index in [1.807, 2.05) is 18.3 Å². The summed E-state index contributed by atoms with van der Waals surface area (Å²) in [4.78, 5) is 3.06. The molecule has 0 aromatic carbocycles. The van der Waals surface area contributed by atoms with E-state index in [4.69, 9.17) is 0 Å². The summed E-state index contributed by atoms with van der Waals surface area (Å²) in [5, 5.41) is 3.22. The molecule has 0 fully saturated rings. The molecule has 0 radical (unpaired) electrons. The fourth-order valence-corrected chi connectivity index (χ4v) is 0.901. The van der Waals surface area contributed by atoms with Gasteiger partial charge in [-0.05, 0) is 24.3 Å². The molecule has 0 saturated carbocycles. The van der Waals surface area contributed by atoms with Gasteiger partial charge in [0, 0.05) is 12.7 Å². The van der Waals surface area contributed by atoms with E-state index in [9.17, 15) is 0 Å². The average Bonchev–Trinajstić information content (AvgIpc) is 2.41. The van der Waals surface area contributed by atoms with E-state index < -0.39 is 0 Å². The quantitative estimate of drug-likeness (QED) is 0.449. The minimum atomic E-state index is 0.938. The number of H-pyrrole nitrogens is 1. The first-order valence-corrected chi connectivity index (χ1v) is 4.05. The highest BCUT2D eigenvalue weighted by atomic mass is 32.1. The van der Waals surface area contributed by atoms with Crippen LogP contribution in [0.25, 0.3) is 0 Å². The van der Waals surface area contributed by atoms with Crippen LogP contribution in [-0.2, 0) is 0 Å². The van der Waals surface area contributed by atoms with Crippen molar-refractivity contribution in [2.75, 3.05) is 17.6 Å². The van der Waals surface area contributed by atoms with Crippen molar-refractivity contribution in [1.82, 2.24) is 4.98 Å². The SMILES string of the molecule is SCCCNc1ccc[nH]1. The smallest absolute Gasteiger partial charge is 0.103 e. The van der Waals surface area contributed by atoms with Crippen molar-refractivity contribution >= 4 is 18.4 Å². The minimum Gasteiger partial charge on any atom is -0.372 e. The van der Waals surface area contributed by atoms with Gasteiger partial charge in [0.1, 0.15) is 5.82 Å². The Bertz CT molecular complexity index is 160. The second-order valence-corrected chi connectivity index (χ2v) is 2.53. The second kappa shape index (κ2) is 4.28. The van der Waals surface area contributed by atoms with Crippen molar-refractivity contribution in [3.63, 3.8) is 0 Å². The van der Waals surface area contributed by atoms with Gasteiger partial charge < -0.3 is 10.3 Å². The van der Waals surface area contributed by atoms with E-state index in [0.717, 1.165) is 24.5 Å². The van der Waals surface area contributed by atoms with Crippen molar-refractivity contribution in [3.05, 3.63) is 18.3 Å². The van der Waals surface area contributed by atoms with Gasteiger partial charge in [0.05, 0.1) is 0 Å². The lowest BCUT2D eigenvalue weighted by Gasteiger charge is -1.99. The molecule has 1 rings (SSSR count). The molecule has 0 saturated heterocycles. The van der Waals surface area contributed by atoms with E-state index in [2.05, 4.69) is 22.9 Å². The van der Waals surface area contributed by atoms with Gasteiger partial charge in [-0.1, -0.05) is 0 Å². The van der Waals surface area contributed by atoms with E-state index >= 15 is 0 Å². The van der Waals surface area contributed by atoms with Crippen LogP contribution in [0.2, 0.25) is 0 Å². The molecule has 2 N–H and O–H groups in total. The number of aromatic amines is 1. The molecule has 0 unspecified atom stereocenters. The average molecular weight is 156 g/mol. The molecular formula is C7H12N2S. The van der Waals surface area contributed by atoms with Gasteiger partial charge >= 0.3 is 0 Å². The highest BCUT2D eigenvalue weighted by Crippen LogP contribution is 2.00. The Morgan fingerprint density at radius 2 is 2.50 bits per heavy atom. The number of hydrogen-bond acceptors (Lipinski definition) is 2. The first kappa shape index (κ1) is 7.54. The maximum absolute atomic E-state index is 4.10. The fourth-order valence-electron chi connectivity index (χ4n) is 0.742. The highest BCUT2D eigenvalue weighted by molar-refractivity contribution is 7.80. The highest BCUT2D eigenvalue weighted by Gasteiger charge is 1.87. The molecule has 3 heteroatoms. The van der Waals surface area contributed by atoms with E-state index in [1.54, 1.807) is 0 Å². The summed E-state index contributed by atoms with van der Waals surface area (Å²) in [5.41, 5.74) is 0. The molecule has 0 aliphatic carbocycles. The first-order valence-electron chi connectivity index (χ1n) is 3.41. The molecule has 0 spiro atoms. The molecular weight excluding hydrogens is 144 g/mol. The van der Waals surface area contributed by atoms with Crippen LogP contribution in [0.4, 0.5) is 5.82 Å². The van der Waals surface area contributed by atoms with Crippen LogP contribution >= 0.6 is 12.6 Å². The zero-order valence-corrected chi connectivity index (χ0v) is 6.70. The van der Waals surface area contributed by atoms with Crippen molar-refractivity contribution in [3.8, 4) is 0 Å². The number of aromatic nitrogens is 1. The lowest BCUT2D eigenvalue weighted by molar-refractivity contribution is 0.987. The summed E-state index contributed by atoms with van der Waals surface area (Å²) in [6, 6.07) is 3.99. The number of thiol groups is 1. The van der Waals surface area contributed by atoms with Crippen LogP contribution in [0.5, 0.6) is 0 Å². The van der Waals surface area contributed by atoms with Crippen LogP contribution in [0.1, 0.15) is 6.42 Å². The Morgan fingerprint density at radius 1 is 1.60 bits per heavy atom. The van der Waals surface area contributed by atoms with E-state index in [1.165, 1.54) is 0 Å². The molecule has 0 amide bonds. The standard InChI is InChI=1S/C7H12N2S/c10-6-2-5-9-7-3-1-4-8-7/h1,3-4,8-10H,2,5-6H2. The Hall–Kier alpha value is -0.570. The Labute approximate surface area is 66.4 Å². The fraction of sp³-hybridized carbons (Fsp3) is 0.429. The summed E-state index contributed by atoms with van der Waals surface area (Å²) in [6.45, 7) is 0.990. The van der Waals surface area contributed by atoms with Gasteiger partial charge in [0.2, 0.25) is 0 Å². The lowest BCUT2D eigenvalue weighted by Crippen LogP contribution is -2.01. The molecule has 1 heterocycles. The van der Waals surface area contributed by atoms with Gasteiger partial charge in [0.15, 0.2) is 0 Å². The molecule has 0 aliphatic heterocycles. The third-order valence-corrected chi connectivity index (χ3v) is 1.56. The summed E-state index contributed by atoms with van der Waals surface area (Å²) < 4.78 is 0. The van der Waals surface area contributed by atoms with Crippen LogP contribution < -0.4 is 5.32 Å². The molecule has 10 heavy (non-hydrogen) atoms. The summed E-state index contributed by atoms with van der Waals surface area (Å²) in [5.74, 6) is 2.02. The predicted molar refractivity (Wildman–Crippen MR) is 47.8 cm³/mol. The lowest BCUT2D eigenvalue weighted by atomic mass is 10.5. The molecule has 1 aromatic rings. The van der Waals surface area contributed by atoms with Gasteiger partial charge in [-0.25, -0.2) is 0 Å². The predicted octanol–water partition coefficient (Wildman–Crippen LogP) is 1.75. The van der Waals surface area contributed by atoms with E-state index in [-0.39, 0.29) is 0 Å². The zero-order chi connectivity index (χ0) is 7.23. The van der Waals surface area contributed by atoms with Crippen molar-refractivity contribution < 1.29 is 0 Å². The molecule has 0 aliphatic rings. The third kappa shape index (κ3) is 2.35. The zero-order valence-electron chi connectivity index (χ0n) is 5.80. The minimum absolute atomic E-state index is 0.938. The normalized spacial score (nSPS) is 9.70. The van der Waals surface area contributed by atoms with Gasteiger partial charge in [-0.3, -0.25) is 0 Å². The number of rotatable bonds is 4. The van der Waals surface area contributed by atoms with Crippen molar-refractivity contribution in [1.29, 1.82) is 0 Å². The molecule has 1 aromatic heterocycles. The van der Waals surface area contributed by atoms with Crippen LogP contribution in [-0.4, -0.2) is 17.3 Å². The number of hydrogen-bond donors (Lipinski definition) is 3. The molecule has 56 valence electrons. The van der Waals surface area contributed by atoms with Crippen LogP contribution in [0, 0.1) is 0 Å². The van der Waals surface area contributed by atoms with Crippen LogP contribution in [0.15, 0.2) is 18.3 Å². The summed E-state index contributed by atoms with van der Waals surface area (Å²) in [6.07, 6.45) is 3.01. The van der Waals surface area contributed by atoms with Crippen LogP contribution in [0.3, 0.4) is 0 Å². The molecule has 0 bridgehead atoms. The monoisotopic (exact) mass is 156 g/mol. The number of nitrogens with one attached hydrogen (secondary N) is 2. The summed E-state index contributed by atoms with van der Waals surface area (Å²) >= 11 is 4.10. The first-order chi connectivity index (χ1) is 4.93. The Balaban J connectivity index is 2.15. The Kier molecular flexibility index (Phi) is 3.22. The van der Waals surface area contributed by atoms with Crippen molar-refractivity contribution in [2.24, 2.45) is 0 Å². The largest absolute Gasteiger partial charge is 0.372 e. The third-order valence-electron chi connectivity index (χ3n) is 1.25. The van der Waals surface area contributed by atoms with Gasteiger partial charge in [-0.15, -0.1) is 0 Å². The maximum atomic E-state index is 4.10. The van der Waals surface area contributed by atoms with Gasteiger partial charge in [-0.2, -0.15) is 12.6 Å². The maximum Gasteiger partial charge on any atom is 0.103 e. The second-order valence-electron chi connectivity index (χ2n) is 2.09.